The first kappa shape index (κ1) is 19.5. The highest BCUT2D eigenvalue weighted by Crippen LogP contribution is 2.29. The van der Waals surface area contributed by atoms with Gasteiger partial charge >= 0.3 is 0 Å². The van der Waals surface area contributed by atoms with Crippen LogP contribution in [0.25, 0.3) is 10.2 Å². The number of carbonyl (C=O) groups is 1. The standard InChI is InChI=1S/C22H24N2O4S/c1-2-26-16-7-9-17(10-8-16)27-15-21(25)24-13-11-18(12-14-24)28-22-23-19-5-3-4-6-20(19)29-22/h3-10,18H,2,11-15H2,1H3. The fourth-order valence-electron chi connectivity index (χ4n) is 3.30. The molecule has 6 nitrogen and oxygen atoms in total. The third-order valence-electron chi connectivity index (χ3n) is 4.83. The van der Waals surface area contributed by atoms with Crippen LogP contribution in [0.3, 0.4) is 0 Å². The van der Waals surface area contributed by atoms with Crippen LogP contribution in [0, 0.1) is 0 Å². The van der Waals surface area contributed by atoms with E-state index in [-0.39, 0.29) is 18.6 Å². The number of nitrogens with zero attached hydrogens (tertiary/aromatic N) is 2. The molecule has 1 aliphatic heterocycles. The number of rotatable bonds is 7. The summed E-state index contributed by atoms with van der Waals surface area (Å²) in [6, 6.07) is 15.3. The van der Waals surface area contributed by atoms with Crippen LogP contribution in [0.15, 0.2) is 48.5 Å². The molecule has 0 aliphatic carbocycles. The van der Waals surface area contributed by atoms with Crippen molar-refractivity contribution < 1.29 is 19.0 Å². The topological polar surface area (TPSA) is 60.9 Å². The Hall–Kier alpha value is -2.80. The Kier molecular flexibility index (Phi) is 6.14. The van der Waals surface area contributed by atoms with Crippen molar-refractivity contribution in [2.45, 2.75) is 25.9 Å². The fraction of sp³-hybridized carbons (Fsp3) is 0.364. The molecule has 1 amide bonds. The number of para-hydroxylation sites is 1. The van der Waals surface area contributed by atoms with Gasteiger partial charge < -0.3 is 19.1 Å². The molecule has 0 unspecified atom stereocenters. The van der Waals surface area contributed by atoms with Crippen molar-refractivity contribution in [1.29, 1.82) is 0 Å². The summed E-state index contributed by atoms with van der Waals surface area (Å²) in [4.78, 5) is 18.8. The number of likely N-dealkylation sites (tertiary alicyclic amines) is 1. The molecule has 4 rings (SSSR count). The number of fused-ring (bicyclic) bond motifs is 1. The molecule has 0 atom stereocenters. The van der Waals surface area contributed by atoms with E-state index in [1.54, 1.807) is 11.3 Å². The van der Waals surface area contributed by atoms with Crippen molar-refractivity contribution >= 4 is 27.5 Å². The van der Waals surface area contributed by atoms with Crippen molar-refractivity contribution in [2.75, 3.05) is 26.3 Å². The normalized spacial score (nSPS) is 14.7. The first-order valence-corrected chi connectivity index (χ1v) is 10.7. The Morgan fingerprint density at radius 1 is 1.07 bits per heavy atom. The van der Waals surface area contributed by atoms with Crippen LogP contribution in [0.1, 0.15) is 19.8 Å². The molecule has 3 aromatic rings. The molecule has 152 valence electrons. The summed E-state index contributed by atoms with van der Waals surface area (Å²) in [5, 5.41) is 0.704. The Balaban J connectivity index is 1.23. The number of hydrogen-bond donors (Lipinski definition) is 0. The number of hydrogen-bond acceptors (Lipinski definition) is 6. The van der Waals surface area contributed by atoms with Gasteiger partial charge in [-0.1, -0.05) is 23.5 Å². The molecule has 0 bridgehead atoms. The van der Waals surface area contributed by atoms with E-state index in [9.17, 15) is 4.79 Å². The first-order chi connectivity index (χ1) is 14.2. The SMILES string of the molecule is CCOc1ccc(OCC(=O)N2CCC(Oc3nc4ccccc4s3)CC2)cc1. The van der Waals surface area contributed by atoms with Gasteiger partial charge in [-0.3, -0.25) is 4.79 Å². The maximum Gasteiger partial charge on any atom is 0.274 e. The van der Waals surface area contributed by atoms with E-state index in [1.165, 1.54) is 0 Å². The number of piperidine rings is 1. The summed E-state index contributed by atoms with van der Waals surface area (Å²) in [5.41, 5.74) is 0.964. The van der Waals surface area contributed by atoms with Crippen molar-refractivity contribution in [3.8, 4) is 16.7 Å². The number of carbonyl (C=O) groups excluding carboxylic acids is 1. The zero-order valence-corrected chi connectivity index (χ0v) is 17.2. The van der Waals surface area contributed by atoms with Gasteiger partial charge in [0.15, 0.2) is 6.61 Å². The second-order valence-electron chi connectivity index (χ2n) is 6.84. The van der Waals surface area contributed by atoms with Crippen molar-refractivity contribution in [3.63, 3.8) is 0 Å². The summed E-state index contributed by atoms with van der Waals surface area (Å²) in [5.74, 6) is 1.45. The molecule has 1 fully saturated rings. The van der Waals surface area contributed by atoms with E-state index in [2.05, 4.69) is 4.98 Å². The molecule has 2 heterocycles. The summed E-state index contributed by atoms with van der Waals surface area (Å²) in [7, 11) is 0. The summed E-state index contributed by atoms with van der Waals surface area (Å²) in [6.07, 6.45) is 1.68. The van der Waals surface area contributed by atoms with E-state index in [0.29, 0.717) is 30.6 Å². The van der Waals surface area contributed by atoms with E-state index in [0.717, 1.165) is 28.8 Å². The molecule has 1 aromatic heterocycles. The van der Waals surface area contributed by atoms with Gasteiger partial charge in [0.25, 0.3) is 11.1 Å². The van der Waals surface area contributed by atoms with Crippen molar-refractivity contribution in [2.24, 2.45) is 0 Å². The molecule has 29 heavy (non-hydrogen) atoms. The number of benzene rings is 2. The van der Waals surface area contributed by atoms with E-state index >= 15 is 0 Å². The maximum atomic E-state index is 12.4. The highest BCUT2D eigenvalue weighted by molar-refractivity contribution is 7.20. The molecule has 2 aromatic carbocycles. The average Bonchev–Trinajstić information content (AvgIpc) is 3.16. The molecule has 0 saturated carbocycles. The maximum absolute atomic E-state index is 12.4. The van der Waals surface area contributed by atoms with Gasteiger partial charge in [0.2, 0.25) is 0 Å². The van der Waals surface area contributed by atoms with Gasteiger partial charge in [0, 0.05) is 25.9 Å². The first-order valence-electron chi connectivity index (χ1n) is 9.87. The zero-order chi connectivity index (χ0) is 20.1. The molecule has 7 heteroatoms. The summed E-state index contributed by atoms with van der Waals surface area (Å²) >= 11 is 1.56. The zero-order valence-electron chi connectivity index (χ0n) is 16.4. The third-order valence-corrected chi connectivity index (χ3v) is 5.76. The molecule has 1 saturated heterocycles. The lowest BCUT2D eigenvalue weighted by Gasteiger charge is -2.31. The highest BCUT2D eigenvalue weighted by atomic mass is 32.1. The Labute approximate surface area is 174 Å². The number of thiazole rings is 1. The molecular weight excluding hydrogens is 388 g/mol. The summed E-state index contributed by atoms with van der Waals surface area (Å²) in [6.45, 7) is 3.94. The van der Waals surface area contributed by atoms with Crippen LogP contribution in [-0.2, 0) is 4.79 Å². The minimum absolute atomic E-state index is 0.00248. The monoisotopic (exact) mass is 412 g/mol. The van der Waals surface area contributed by atoms with Gasteiger partial charge in [-0.25, -0.2) is 4.98 Å². The van der Waals surface area contributed by atoms with Crippen LogP contribution >= 0.6 is 11.3 Å². The Bertz CT molecular complexity index is 916. The second-order valence-corrected chi connectivity index (χ2v) is 7.83. The van der Waals surface area contributed by atoms with Gasteiger partial charge in [-0.05, 0) is 43.3 Å². The Morgan fingerprint density at radius 3 is 2.45 bits per heavy atom. The lowest BCUT2D eigenvalue weighted by atomic mass is 10.1. The molecule has 1 aliphatic rings. The lowest BCUT2D eigenvalue weighted by Crippen LogP contribution is -2.43. The van der Waals surface area contributed by atoms with Gasteiger partial charge in [-0.15, -0.1) is 0 Å². The van der Waals surface area contributed by atoms with Crippen LogP contribution in [0.4, 0.5) is 0 Å². The van der Waals surface area contributed by atoms with Gasteiger partial charge in [0.05, 0.1) is 16.8 Å². The smallest absolute Gasteiger partial charge is 0.274 e. The van der Waals surface area contributed by atoms with Crippen molar-refractivity contribution in [3.05, 3.63) is 48.5 Å². The van der Waals surface area contributed by atoms with Gasteiger partial charge in [0.1, 0.15) is 17.6 Å². The van der Waals surface area contributed by atoms with Crippen molar-refractivity contribution in [1.82, 2.24) is 9.88 Å². The van der Waals surface area contributed by atoms with Crippen LogP contribution in [0.2, 0.25) is 0 Å². The van der Waals surface area contributed by atoms with E-state index in [1.807, 2.05) is 60.4 Å². The highest BCUT2D eigenvalue weighted by Gasteiger charge is 2.25. The summed E-state index contributed by atoms with van der Waals surface area (Å²) < 4.78 is 18.2. The van der Waals surface area contributed by atoms with Crippen LogP contribution in [-0.4, -0.2) is 48.2 Å². The molecule has 0 N–H and O–H groups in total. The predicted molar refractivity (Wildman–Crippen MR) is 113 cm³/mol. The van der Waals surface area contributed by atoms with Gasteiger partial charge in [-0.2, -0.15) is 0 Å². The number of amides is 1. The van der Waals surface area contributed by atoms with Crippen LogP contribution < -0.4 is 14.2 Å². The average molecular weight is 413 g/mol. The molecule has 0 spiro atoms. The molecule has 0 radical (unpaired) electrons. The van der Waals surface area contributed by atoms with E-state index < -0.39 is 0 Å². The Morgan fingerprint density at radius 2 is 1.76 bits per heavy atom. The minimum atomic E-state index is -0.00248. The number of ether oxygens (including phenoxy) is 3. The minimum Gasteiger partial charge on any atom is -0.494 e. The molecular formula is C22H24N2O4S. The van der Waals surface area contributed by atoms with E-state index in [4.69, 9.17) is 14.2 Å². The van der Waals surface area contributed by atoms with Crippen LogP contribution in [0.5, 0.6) is 16.7 Å². The predicted octanol–water partition coefficient (Wildman–Crippen LogP) is 4.14. The third kappa shape index (κ3) is 4.98. The second kappa shape index (κ2) is 9.13. The quantitative estimate of drug-likeness (QED) is 0.584. The largest absolute Gasteiger partial charge is 0.494 e. The lowest BCUT2D eigenvalue weighted by molar-refractivity contribution is -0.135. The fourth-order valence-corrected chi connectivity index (χ4v) is 4.18. The number of aromatic nitrogens is 1.